The topological polar surface area (TPSA) is 70.1 Å². The lowest BCUT2D eigenvalue weighted by Crippen LogP contribution is -2.12. The summed E-state index contributed by atoms with van der Waals surface area (Å²) >= 11 is 3.44. The molecule has 0 saturated heterocycles. The van der Waals surface area contributed by atoms with Crippen LogP contribution in [0.3, 0.4) is 0 Å². The standard InChI is InChI=1S/C10H17BrN4O/c1-3-12-9-8(11)10(15-6-14-9)13-5-4-7(2)16/h6-7,16H,3-5H2,1-2H3,(H2,12,13,14,15). The van der Waals surface area contributed by atoms with Crippen LogP contribution >= 0.6 is 15.9 Å². The summed E-state index contributed by atoms with van der Waals surface area (Å²) in [5.74, 6) is 1.52. The van der Waals surface area contributed by atoms with Gasteiger partial charge in [-0.3, -0.25) is 0 Å². The molecule has 0 amide bonds. The number of rotatable bonds is 6. The van der Waals surface area contributed by atoms with E-state index >= 15 is 0 Å². The minimum absolute atomic E-state index is 0.304. The molecule has 1 aromatic rings. The minimum Gasteiger partial charge on any atom is -0.393 e. The monoisotopic (exact) mass is 288 g/mol. The van der Waals surface area contributed by atoms with Gasteiger partial charge in [-0.1, -0.05) is 0 Å². The van der Waals surface area contributed by atoms with E-state index < -0.39 is 0 Å². The highest BCUT2D eigenvalue weighted by molar-refractivity contribution is 9.10. The molecular formula is C10H17BrN4O. The van der Waals surface area contributed by atoms with Gasteiger partial charge < -0.3 is 15.7 Å². The van der Waals surface area contributed by atoms with E-state index in [4.69, 9.17) is 5.11 Å². The Labute approximate surface area is 104 Å². The Morgan fingerprint density at radius 1 is 1.38 bits per heavy atom. The summed E-state index contributed by atoms with van der Waals surface area (Å²) in [5.41, 5.74) is 0. The Morgan fingerprint density at radius 3 is 2.56 bits per heavy atom. The number of nitrogens with zero attached hydrogens (tertiary/aromatic N) is 2. The van der Waals surface area contributed by atoms with Crippen molar-refractivity contribution in [3.8, 4) is 0 Å². The van der Waals surface area contributed by atoms with E-state index in [0.717, 1.165) is 22.7 Å². The van der Waals surface area contributed by atoms with E-state index in [1.54, 1.807) is 6.92 Å². The maximum Gasteiger partial charge on any atom is 0.145 e. The van der Waals surface area contributed by atoms with Crippen molar-refractivity contribution in [2.24, 2.45) is 0 Å². The molecule has 5 nitrogen and oxygen atoms in total. The number of aromatic nitrogens is 2. The molecule has 0 radical (unpaired) electrons. The molecule has 0 aliphatic carbocycles. The highest BCUT2D eigenvalue weighted by Crippen LogP contribution is 2.26. The Kier molecular flexibility index (Phi) is 5.48. The van der Waals surface area contributed by atoms with Gasteiger partial charge >= 0.3 is 0 Å². The zero-order valence-corrected chi connectivity index (χ0v) is 11.1. The quantitative estimate of drug-likeness (QED) is 0.745. The molecule has 0 aromatic carbocycles. The minimum atomic E-state index is -0.304. The predicted octanol–water partition coefficient (Wildman–Crippen LogP) is 1.85. The first-order valence-corrected chi connectivity index (χ1v) is 6.10. The third-order valence-corrected chi connectivity index (χ3v) is 2.74. The number of nitrogens with one attached hydrogen (secondary N) is 2. The highest BCUT2D eigenvalue weighted by atomic mass is 79.9. The highest BCUT2D eigenvalue weighted by Gasteiger charge is 2.07. The average Bonchev–Trinajstić information content (AvgIpc) is 2.23. The second-order valence-electron chi connectivity index (χ2n) is 3.48. The summed E-state index contributed by atoms with van der Waals surface area (Å²) in [6.07, 6.45) is 1.89. The number of hydrogen-bond acceptors (Lipinski definition) is 5. The van der Waals surface area contributed by atoms with Crippen molar-refractivity contribution < 1.29 is 5.11 Å². The van der Waals surface area contributed by atoms with Gasteiger partial charge in [0.2, 0.25) is 0 Å². The lowest BCUT2D eigenvalue weighted by molar-refractivity contribution is 0.188. The van der Waals surface area contributed by atoms with Crippen molar-refractivity contribution >= 4 is 27.6 Å². The van der Waals surface area contributed by atoms with Crippen LogP contribution in [0.5, 0.6) is 0 Å². The Hall–Kier alpha value is -0.880. The third kappa shape index (κ3) is 3.94. The van der Waals surface area contributed by atoms with Gasteiger partial charge in [0.05, 0.1) is 6.10 Å². The van der Waals surface area contributed by atoms with Crippen LogP contribution in [0.15, 0.2) is 10.8 Å². The van der Waals surface area contributed by atoms with Crippen LogP contribution in [-0.4, -0.2) is 34.3 Å². The fraction of sp³-hybridized carbons (Fsp3) is 0.600. The molecule has 6 heteroatoms. The summed E-state index contributed by atoms with van der Waals surface area (Å²) in [7, 11) is 0. The van der Waals surface area contributed by atoms with Crippen LogP contribution in [0.25, 0.3) is 0 Å². The van der Waals surface area contributed by atoms with Crippen LogP contribution in [0.2, 0.25) is 0 Å². The van der Waals surface area contributed by atoms with Crippen LogP contribution in [-0.2, 0) is 0 Å². The molecule has 1 aromatic heterocycles. The fourth-order valence-corrected chi connectivity index (χ4v) is 1.67. The second-order valence-corrected chi connectivity index (χ2v) is 4.27. The van der Waals surface area contributed by atoms with Gasteiger partial charge in [0.15, 0.2) is 0 Å². The van der Waals surface area contributed by atoms with Gasteiger partial charge in [0, 0.05) is 13.1 Å². The van der Waals surface area contributed by atoms with Crippen LogP contribution < -0.4 is 10.6 Å². The van der Waals surface area contributed by atoms with Crippen LogP contribution in [0.4, 0.5) is 11.6 Å². The Bertz CT molecular complexity index is 333. The summed E-state index contributed by atoms with van der Waals surface area (Å²) in [6.45, 7) is 5.26. The molecule has 0 fully saturated rings. The van der Waals surface area contributed by atoms with E-state index in [-0.39, 0.29) is 6.10 Å². The maximum atomic E-state index is 9.14. The Balaban J connectivity index is 2.62. The number of aliphatic hydroxyl groups is 1. The second kappa shape index (κ2) is 6.65. The van der Waals surface area contributed by atoms with Gasteiger partial charge in [-0.05, 0) is 36.2 Å². The van der Waals surface area contributed by atoms with Crippen LogP contribution in [0.1, 0.15) is 20.3 Å². The van der Waals surface area contributed by atoms with Crippen molar-refractivity contribution in [3.63, 3.8) is 0 Å². The van der Waals surface area contributed by atoms with Gasteiger partial charge in [-0.15, -0.1) is 0 Å². The molecule has 1 unspecified atom stereocenters. The van der Waals surface area contributed by atoms with Crippen molar-refractivity contribution in [2.45, 2.75) is 26.4 Å². The van der Waals surface area contributed by atoms with Crippen molar-refractivity contribution in [1.29, 1.82) is 0 Å². The third-order valence-electron chi connectivity index (χ3n) is 1.99. The van der Waals surface area contributed by atoms with E-state index in [1.165, 1.54) is 6.33 Å². The summed E-state index contributed by atoms with van der Waals surface area (Å²) in [4.78, 5) is 8.24. The molecule has 1 rings (SSSR count). The zero-order valence-electron chi connectivity index (χ0n) is 9.50. The first-order chi connectivity index (χ1) is 7.65. The van der Waals surface area contributed by atoms with Crippen molar-refractivity contribution in [2.75, 3.05) is 23.7 Å². The van der Waals surface area contributed by atoms with Crippen molar-refractivity contribution in [3.05, 3.63) is 10.8 Å². The summed E-state index contributed by atoms with van der Waals surface area (Å²) in [6, 6.07) is 0. The lowest BCUT2D eigenvalue weighted by Gasteiger charge is -2.11. The molecular weight excluding hydrogens is 272 g/mol. The van der Waals surface area contributed by atoms with Gasteiger partial charge in [0.25, 0.3) is 0 Å². The maximum absolute atomic E-state index is 9.14. The lowest BCUT2D eigenvalue weighted by atomic mass is 10.3. The van der Waals surface area contributed by atoms with E-state index in [9.17, 15) is 0 Å². The number of anilines is 2. The Morgan fingerprint density at radius 2 is 2.00 bits per heavy atom. The van der Waals surface area contributed by atoms with Crippen molar-refractivity contribution in [1.82, 2.24) is 9.97 Å². The number of halogens is 1. The molecule has 1 heterocycles. The molecule has 0 spiro atoms. The normalized spacial score (nSPS) is 12.2. The fourth-order valence-electron chi connectivity index (χ4n) is 1.18. The molecule has 90 valence electrons. The van der Waals surface area contributed by atoms with Gasteiger partial charge in [-0.25, -0.2) is 9.97 Å². The largest absolute Gasteiger partial charge is 0.393 e. The van der Waals surface area contributed by atoms with Gasteiger partial charge in [-0.2, -0.15) is 0 Å². The predicted molar refractivity (Wildman–Crippen MR) is 68.7 cm³/mol. The van der Waals surface area contributed by atoms with Gasteiger partial charge in [0.1, 0.15) is 22.4 Å². The molecule has 3 N–H and O–H groups in total. The molecule has 16 heavy (non-hydrogen) atoms. The first kappa shape index (κ1) is 13.2. The summed E-state index contributed by atoms with van der Waals surface area (Å²) in [5, 5.41) is 15.4. The molecule has 0 aliphatic rings. The number of hydrogen-bond donors (Lipinski definition) is 3. The zero-order chi connectivity index (χ0) is 12.0. The summed E-state index contributed by atoms with van der Waals surface area (Å²) < 4.78 is 0.822. The smallest absolute Gasteiger partial charge is 0.145 e. The van der Waals surface area contributed by atoms with E-state index in [0.29, 0.717) is 13.0 Å². The van der Waals surface area contributed by atoms with E-state index in [1.807, 2.05) is 6.92 Å². The molecule has 0 aliphatic heterocycles. The van der Waals surface area contributed by atoms with E-state index in [2.05, 4.69) is 36.5 Å². The average molecular weight is 289 g/mol. The number of aliphatic hydroxyl groups excluding tert-OH is 1. The molecule has 0 bridgehead atoms. The SMILES string of the molecule is CCNc1ncnc(NCCC(C)O)c1Br. The molecule has 1 atom stereocenters. The molecule has 0 saturated carbocycles. The van der Waals surface area contributed by atoms with Crippen LogP contribution in [0, 0.1) is 0 Å². The first-order valence-electron chi connectivity index (χ1n) is 5.31.